The quantitative estimate of drug-likeness (QED) is 0.447. The third-order valence-corrected chi connectivity index (χ3v) is 6.05. The molecule has 8 heteroatoms. The molecule has 0 aliphatic carbocycles. The largest absolute Gasteiger partial charge is 0.497 e. The van der Waals surface area contributed by atoms with Gasteiger partial charge in [0.1, 0.15) is 15.8 Å². The first kappa shape index (κ1) is 22.0. The van der Waals surface area contributed by atoms with Crippen LogP contribution in [0.4, 0.5) is 0 Å². The highest BCUT2D eigenvalue weighted by Gasteiger charge is 2.32. The molecule has 158 valence electrons. The number of thiocarbonyl (C=S) groups is 1. The predicted molar refractivity (Wildman–Crippen MR) is 123 cm³/mol. The number of carbonyl (C=O) groups is 1. The standard InChI is InChI=1S/C22H23NO5S2/c1-25-16-7-6-15(18(13-16)27-3)12-20-21(24)23(22(29)30-20)10-9-14-5-8-17(26-2)19(11-14)28-4/h5-8,11-13H,9-10H2,1-4H3/b20-12-. The molecule has 0 aromatic heterocycles. The van der Waals surface area contributed by atoms with Gasteiger partial charge in [0, 0.05) is 18.2 Å². The smallest absolute Gasteiger partial charge is 0.266 e. The lowest BCUT2D eigenvalue weighted by Gasteiger charge is -2.15. The molecule has 0 bridgehead atoms. The number of methoxy groups -OCH3 is 4. The highest BCUT2D eigenvalue weighted by atomic mass is 32.2. The summed E-state index contributed by atoms with van der Waals surface area (Å²) >= 11 is 6.74. The first-order chi connectivity index (χ1) is 14.5. The first-order valence-electron chi connectivity index (χ1n) is 9.19. The minimum absolute atomic E-state index is 0.108. The molecule has 0 radical (unpaired) electrons. The molecule has 0 unspecified atom stereocenters. The maximum Gasteiger partial charge on any atom is 0.266 e. The zero-order valence-electron chi connectivity index (χ0n) is 17.3. The van der Waals surface area contributed by atoms with Gasteiger partial charge in [-0.3, -0.25) is 9.69 Å². The Bertz CT molecular complexity index is 989. The number of ether oxygens (including phenoxy) is 4. The van der Waals surface area contributed by atoms with E-state index in [9.17, 15) is 4.79 Å². The Kier molecular flexibility index (Phi) is 7.23. The zero-order valence-corrected chi connectivity index (χ0v) is 18.9. The lowest BCUT2D eigenvalue weighted by molar-refractivity contribution is -0.122. The van der Waals surface area contributed by atoms with Crippen LogP contribution in [-0.2, 0) is 11.2 Å². The molecule has 2 aromatic carbocycles. The predicted octanol–water partition coefficient (Wildman–Crippen LogP) is 4.16. The van der Waals surface area contributed by atoms with E-state index in [0.29, 0.717) is 45.2 Å². The second-order valence-electron chi connectivity index (χ2n) is 6.38. The molecule has 0 N–H and O–H groups in total. The minimum Gasteiger partial charge on any atom is -0.497 e. The fourth-order valence-corrected chi connectivity index (χ4v) is 4.35. The van der Waals surface area contributed by atoms with E-state index in [0.717, 1.165) is 11.1 Å². The van der Waals surface area contributed by atoms with Crippen molar-refractivity contribution in [1.82, 2.24) is 4.90 Å². The van der Waals surface area contributed by atoms with Crippen molar-refractivity contribution < 1.29 is 23.7 Å². The highest BCUT2D eigenvalue weighted by Crippen LogP contribution is 2.35. The van der Waals surface area contributed by atoms with Crippen molar-refractivity contribution in [3.8, 4) is 23.0 Å². The van der Waals surface area contributed by atoms with Crippen LogP contribution >= 0.6 is 24.0 Å². The van der Waals surface area contributed by atoms with Gasteiger partial charge in [-0.05, 0) is 42.3 Å². The Balaban J connectivity index is 1.74. The van der Waals surface area contributed by atoms with Crippen molar-refractivity contribution in [2.45, 2.75) is 6.42 Å². The normalized spacial score (nSPS) is 14.9. The Hall–Kier alpha value is -2.71. The highest BCUT2D eigenvalue weighted by molar-refractivity contribution is 8.26. The molecular formula is C22H23NO5S2. The minimum atomic E-state index is -0.108. The Morgan fingerprint density at radius 3 is 2.33 bits per heavy atom. The van der Waals surface area contributed by atoms with Crippen molar-refractivity contribution in [3.63, 3.8) is 0 Å². The fourth-order valence-electron chi connectivity index (χ4n) is 3.05. The van der Waals surface area contributed by atoms with Crippen molar-refractivity contribution in [2.75, 3.05) is 35.0 Å². The Morgan fingerprint density at radius 1 is 0.933 bits per heavy atom. The summed E-state index contributed by atoms with van der Waals surface area (Å²) in [5.74, 6) is 2.54. The molecule has 6 nitrogen and oxygen atoms in total. The topological polar surface area (TPSA) is 57.2 Å². The van der Waals surface area contributed by atoms with Gasteiger partial charge in [-0.2, -0.15) is 0 Å². The molecule has 1 heterocycles. The Morgan fingerprint density at radius 2 is 1.67 bits per heavy atom. The van der Waals surface area contributed by atoms with Gasteiger partial charge in [-0.15, -0.1) is 0 Å². The third-order valence-electron chi connectivity index (χ3n) is 4.67. The van der Waals surface area contributed by atoms with Crippen LogP contribution in [0.15, 0.2) is 41.3 Å². The number of rotatable bonds is 8. The maximum atomic E-state index is 12.9. The molecule has 2 aromatic rings. The van der Waals surface area contributed by atoms with E-state index in [1.54, 1.807) is 45.5 Å². The van der Waals surface area contributed by atoms with E-state index < -0.39 is 0 Å². The van der Waals surface area contributed by atoms with Crippen LogP contribution in [0.1, 0.15) is 11.1 Å². The summed E-state index contributed by atoms with van der Waals surface area (Å²) in [6, 6.07) is 11.2. The summed E-state index contributed by atoms with van der Waals surface area (Å²) in [5.41, 5.74) is 1.82. The van der Waals surface area contributed by atoms with Crippen LogP contribution in [0, 0.1) is 0 Å². The van der Waals surface area contributed by atoms with Gasteiger partial charge >= 0.3 is 0 Å². The first-order valence-corrected chi connectivity index (χ1v) is 10.4. The number of hydrogen-bond acceptors (Lipinski definition) is 7. The van der Waals surface area contributed by atoms with Crippen molar-refractivity contribution >= 4 is 40.3 Å². The molecule has 1 amide bonds. The number of benzene rings is 2. The molecule has 1 fully saturated rings. The van der Waals surface area contributed by atoms with Crippen LogP contribution in [-0.4, -0.2) is 50.1 Å². The SMILES string of the molecule is COc1ccc(/C=C2\SC(=S)N(CCc3ccc(OC)c(OC)c3)C2=O)c(OC)c1. The monoisotopic (exact) mass is 445 g/mol. The molecule has 1 saturated heterocycles. The number of nitrogens with zero attached hydrogens (tertiary/aromatic N) is 1. The van der Waals surface area contributed by atoms with Gasteiger partial charge in [-0.25, -0.2) is 0 Å². The van der Waals surface area contributed by atoms with Gasteiger partial charge in [-0.1, -0.05) is 30.0 Å². The maximum absolute atomic E-state index is 12.9. The summed E-state index contributed by atoms with van der Waals surface area (Å²) in [6.45, 7) is 0.483. The van der Waals surface area contributed by atoms with E-state index in [2.05, 4.69) is 0 Å². The number of carbonyl (C=O) groups excluding carboxylic acids is 1. The number of thioether (sulfide) groups is 1. The number of hydrogen-bond donors (Lipinski definition) is 0. The van der Waals surface area contributed by atoms with Crippen LogP contribution in [0.25, 0.3) is 6.08 Å². The van der Waals surface area contributed by atoms with Crippen LogP contribution in [0.2, 0.25) is 0 Å². The van der Waals surface area contributed by atoms with Crippen LogP contribution in [0.5, 0.6) is 23.0 Å². The molecule has 0 atom stereocenters. The summed E-state index contributed by atoms with van der Waals surface area (Å²) in [5, 5.41) is 0. The van der Waals surface area contributed by atoms with Gasteiger partial charge in [0.15, 0.2) is 11.5 Å². The van der Waals surface area contributed by atoms with Crippen molar-refractivity contribution in [2.24, 2.45) is 0 Å². The van der Waals surface area contributed by atoms with E-state index in [1.807, 2.05) is 30.3 Å². The molecule has 0 saturated carbocycles. The Labute approximate surface area is 185 Å². The van der Waals surface area contributed by atoms with Gasteiger partial charge in [0.2, 0.25) is 0 Å². The summed E-state index contributed by atoms with van der Waals surface area (Å²) in [7, 11) is 6.38. The van der Waals surface area contributed by atoms with Gasteiger partial charge in [0.25, 0.3) is 5.91 Å². The molecule has 1 aliphatic rings. The van der Waals surface area contributed by atoms with Crippen molar-refractivity contribution in [1.29, 1.82) is 0 Å². The lowest BCUT2D eigenvalue weighted by atomic mass is 10.1. The second kappa shape index (κ2) is 9.86. The van der Waals surface area contributed by atoms with E-state index in [1.165, 1.54) is 11.8 Å². The van der Waals surface area contributed by atoms with Crippen LogP contribution in [0.3, 0.4) is 0 Å². The van der Waals surface area contributed by atoms with Crippen LogP contribution < -0.4 is 18.9 Å². The van der Waals surface area contributed by atoms with Gasteiger partial charge in [0.05, 0.1) is 33.3 Å². The summed E-state index contributed by atoms with van der Waals surface area (Å²) in [4.78, 5) is 15.1. The molecule has 30 heavy (non-hydrogen) atoms. The third kappa shape index (κ3) is 4.71. The fraction of sp³-hybridized carbons (Fsp3) is 0.273. The van der Waals surface area contributed by atoms with E-state index in [4.69, 9.17) is 31.2 Å². The zero-order chi connectivity index (χ0) is 21.7. The summed E-state index contributed by atoms with van der Waals surface area (Å²) in [6.07, 6.45) is 2.44. The average molecular weight is 446 g/mol. The lowest BCUT2D eigenvalue weighted by Crippen LogP contribution is -2.30. The molecule has 1 aliphatic heterocycles. The molecule has 0 spiro atoms. The van der Waals surface area contributed by atoms with E-state index in [-0.39, 0.29) is 5.91 Å². The summed E-state index contributed by atoms with van der Waals surface area (Å²) < 4.78 is 21.8. The second-order valence-corrected chi connectivity index (χ2v) is 8.06. The molecule has 3 rings (SSSR count). The average Bonchev–Trinajstić information content (AvgIpc) is 3.04. The number of amides is 1. The van der Waals surface area contributed by atoms with Crippen molar-refractivity contribution in [3.05, 3.63) is 52.4 Å². The van der Waals surface area contributed by atoms with E-state index >= 15 is 0 Å². The molecular weight excluding hydrogens is 422 g/mol. The van der Waals surface area contributed by atoms with Gasteiger partial charge < -0.3 is 18.9 Å².